The molecule has 0 radical (unpaired) electrons. The highest BCUT2D eigenvalue weighted by atomic mass is 16.1. The number of aryl methyl sites for hydroxylation is 1. The van der Waals surface area contributed by atoms with Gasteiger partial charge in [-0.3, -0.25) is 4.79 Å². The number of amides is 1. The van der Waals surface area contributed by atoms with Crippen LogP contribution >= 0.6 is 0 Å². The number of carbonyl (C=O) groups excluding carboxylic acids is 1. The molecule has 3 nitrogen and oxygen atoms in total. The van der Waals surface area contributed by atoms with Crippen LogP contribution in [0.15, 0.2) is 60.7 Å². The molecule has 0 saturated heterocycles. The molecule has 1 aliphatic rings. The van der Waals surface area contributed by atoms with E-state index in [0.29, 0.717) is 5.92 Å². The molecule has 1 N–H and O–H groups in total. The maximum absolute atomic E-state index is 12.5. The van der Waals surface area contributed by atoms with E-state index in [2.05, 4.69) is 49.3 Å². The number of nitrogens with one attached hydrogen (secondary N) is 1. The fraction of sp³-hybridized carbons (Fsp3) is 0.444. The van der Waals surface area contributed by atoms with Crippen LogP contribution in [0.1, 0.15) is 61.0 Å². The number of rotatable bonds is 9. The van der Waals surface area contributed by atoms with E-state index in [1.165, 1.54) is 18.4 Å². The van der Waals surface area contributed by atoms with E-state index in [9.17, 15) is 4.79 Å². The van der Waals surface area contributed by atoms with Crippen molar-refractivity contribution in [1.82, 2.24) is 10.2 Å². The molecule has 30 heavy (non-hydrogen) atoms. The predicted molar refractivity (Wildman–Crippen MR) is 129 cm³/mol. The van der Waals surface area contributed by atoms with Crippen LogP contribution in [0.3, 0.4) is 0 Å². The van der Waals surface area contributed by atoms with E-state index in [0.717, 1.165) is 50.0 Å². The minimum absolute atomic E-state index is 0.0685. The third-order valence-corrected chi connectivity index (χ3v) is 5.85. The van der Waals surface area contributed by atoms with Crippen LogP contribution < -0.4 is 5.32 Å². The molecule has 3 heteroatoms. The van der Waals surface area contributed by atoms with Crippen molar-refractivity contribution in [2.45, 2.75) is 46.0 Å². The van der Waals surface area contributed by atoms with Gasteiger partial charge in [0, 0.05) is 12.1 Å². The van der Waals surface area contributed by atoms with E-state index in [-0.39, 0.29) is 5.91 Å². The Balaban J connectivity index is 0.000000456. The van der Waals surface area contributed by atoms with Gasteiger partial charge in [-0.2, -0.15) is 0 Å². The molecule has 0 aliphatic heterocycles. The van der Waals surface area contributed by atoms with Gasteiger partial charge in [0.15, 0.2) is 0 Å². The quantitative estimate of drug-likeness (QED) is 0.569. The van der Waals surface area contributed by atoms with Gasteiger partial charge in [0.05, 0.1) is 0 Å². The minimum Gasteiger partial charge on any atom is -0.352 e. The first kappa shape index (κ1) is 23.9. The van der Waals surface area contributed by atoms with Crippen LogP contribution in [0.5, 0.6) is 0 Å². The van der Waals surface area contributed by atoms with Gasteiger partial charge >= 0.3 is 0 Å². The predicted octanol–water partition coefficient (Wildman–Crippen LogP) is 5.82. The zero-order chi connectivity index (χ0) is 21.6. The second-order valence-electron chi connectivity index (χ2n) is 7.98. The highest BCUT2D eigenvalue weighted by Gasteiger charge is 2.15. The lowest BCUT2D eigenvalue weighted by Crippen LogP contribution is -2.28. The smallest absolute Gasteiger partial charge is 0.251 e. The molecule has 0 bridgehead atoms. The Morgan fingerprint density at radius 2 is 1.73 bits per heavy atom. The van der Waals surface area contributed by atoms with Gasteiger partial charge in [0.25, 0.3) is 5.91 Å². The van der Waals surface area contributed by atoms with E-state index < -0.39 is 0 Å². The monoisotopic (exact) mass is 406 g/mol. The van der Waals surface area contributed by atoms with E-state index in [1.807, 2.05) is 48.5 Å². The second-order valence-corrected chi connectivity index (χ2v) is 7.98. The third-order valence-electron chi connectivity index (χ3n) is 5.85. The molecule has 0 spiro atoms. The number of benzene rings is 2. The fourth-order valence-corrected chi connectivity index (χ4v) is 3.65. The molecule has 162 valence electrons. The van der Waals surface area contributed by atoms with Crippen molar-refractivity contribution in [3.63, 3.8) is 0 Å². The summed E-state index contributed by atoms with van der Waals surface area (Å²) < 4.78 is 0. The van der Waals surface area contributed by atoms with Crippen LogP contribution in [0, 0.1) is 5.92 Å². The van der Waals surface area contributed by atoms with Crippen molar-refractivity contribution < 1.29 is 4.79 Å². The fourth-order valence-electron chi connectivity index (χ4n) is 3.65. The minimum atomic E-state index is 0.0685. The van der Waals surface area contributed by atoms with Gasteiger partial charge in [-0.25, -0.2) is 0 Å². The standard InChI is InChI=1S/C21H32N2O.C6H6/c1-4-17(14-16-23(3)5-2)13-15-22-21(24)20-12-8-10-18-9-6-7-11-19(18)20;1-2-4-6-5-3-1/h7-8,10-12,17H,4-6,9,13-16H2,1-3H3,(H,22,24);1-6H. The summed E-state index contributed by atoms with van der Waals surface area (Å²) in [7, 11) is 2.17. The van der Waals surface area contributed by atoms with Gasteiger partial charge in [-0.15, -0.1) is 0 Å². The molecule has 1 aliphatic carbocycles. The summed E-state index contributed by atoms with van der Waals surface area (Å²) in [6, 6.07) is 18.1. The van der Waals surface area contributed by atoms with Gasteiger partial charge in [-0.1, -0.05) is 81.0 Å². The maximum atomic E-state index is 12.5. The van der Waals surface area contributed by atoms with Gasteiger partial charge in [0.1, 0.15) is 0 Å². The van der Waals surface area contributed by atoms with Gasteiger partial charge in [-0.05, 0) is 68.9 Å². The summed E-state index contributed by atoms with van der Waals surface area (Å²) in [5.41, 5.74) is 3.22. The number of nitrogens with zero attached hydrogens (tertiary/aromatic N) is 1. The lowest BCUT2D eigenvalue weighted by molar-refractivity contribution is 0.0950. The van der Waals surface area contributed by atoms with Crippen molar-refractivity contribution in [3.05, 3.63) is 77.4 Å². The number of carbonyl (C=O) groups is 1. The van der Waals surface area contributed by atoms with Gasteiger partial charge in [0.2, 0.25) is 0 Å². The van der Waals surface area contributed by atoms with Crippen LogP contribution in [-0.4, -0.2) is 37.5 Å². The Bertz CT molecular complexity index is 743. The molecule has 1 atom stereocenters. The number of fused-ring (bicyclic) bond motifs is 1. The normalized spacial score (nSPS) is 13.2. The summed E-state index contributed by atoms with van der Waals surface area (Å²) in [6.45, 7) is 7.44. The number of hydrogen-bond donors (Lipinski definition) is 1. The lowest BCUT2D eigenvalue weighted by atomic mass is 9.93. The van der Waals surface area contributed by atoms with Crippen LogP contribution in [0.25, 0.3) is 6.08 Å². The Hall–Kier alpha value is -2.39. The Labute approximate surface area is 183 Å². The molecular weight excluding hydrogens is 368 g/mol. The van der Waals surface area contributed by atoms with E-state index in [1.54, 1.807) is 0 Å². The summed E-state index contributed by atoms with van der Waals surface area (Å²) in [5, 5.41) is 3.13. The topological polar surface area (TPSA) is 32.3 Å². The molecule has 1 unspecified atom stereocenters. The van der Waals surface area contributed by atoms with Crippen molar-refractivity contribution in [3.8, 4) is 0 Å². The summed E-state index contributed by atoms with van der Waals surface area (Å²) in [6.07, 6.45) is 9.82. The Morgan fingerprint density at radius 1 is 1.03 bits per heavy atom. The third kappa shape index (κ3) is 8.16. The molecule has 0 fully saturated rings. The Morgan fingerprint density at radius 3 is 2.37 bits per heavy atom. The molecule has 0 heterocycles. The lowest BCUT2D eigenvalue weighted by Gasteiger charge is -2.20. The van der Waals surface area contributed by atoms with Crippen LogP contribution in [0.4, 0.5) is 0 Å². The molecule has 3 rings (SSSR count). The van der Waals surface area contributed by atoms with Gasteiger partial charge < -0.3 is 10.2 Å². The number of allylic oxidation sites excluding steroid dienone is 1. The molecule has 0 saturated carbocycles. The zero-order valence-electron chi connectivity index (χ0n) is 18.9. The molecule has 2 aromatic rings. The zero-order valence-corrected chi connectivity index (χ0v) is 18.9. The summed E-state index contributed by atoms with van der Waals surface area (Å²) in [4.78, 5) is 14.9. The largest absolute Gasteiger partial charge is 0.352 e. The average molecular weight is 407 g/mol. The van der Waals surface area contributed by atoms with Crippen LogP contribution in [-0.2, 0) is 6.42 Å². The van der Waals surface area contributed by atoms with Crippen molar-refractivity contribution in [2.75, 3.05) is 26.7 Å². The SMILES string of the molecule is CCC(CCNC(=O)c1cccc2c1C=CCC2)CCN(C)CC.c1ccccc1. The highest BCUT2D eigenvalue weighted by molar-refractivity contribution is 5.98. The highest BCUT2D eigenvalue weighted by Crippen LogP contribution is 2.23. The first-order valence-electron chi connectivity index (χ1n) is 11.4. The second kappa shape index (κ2) is 13.8. The first-order chi connectivity index (χ1) is 14.7. The van der Waals surface area contributed by atoms with E-state index in [4.69, 9.17) is 0 Å². The summed E-state index contributed by atoms with van der Waals surface area (Å²) in [5.74, 6) is 0.753. The molecular formula is C27H38N2O. The average Bonchev–Trinajstić information content (AvgIpc) is 2.82. The van der Waals surface area contributed by atoms with Crippen molar-refractivity contribution >= 4 is 12.0 Å². The van der Waals surface area contributed by atoms with Crippen LogP contribution in [0.2, 0.25) is 0 Å². The van der Waals surface area contributed by atoms with Crippen molar-refractivity contribution in [2.24, 2.45) is 5.92 Å². The van der Waals surface area contributed by atoms with Crippen molar-refractivity contribution in [1.29, 1.82) is 0 Å². The van der Waals surface area contributed by atoms with E-state index >= 15 is 0 Å². The maximum Gasteiger partial charge on any atom is 0.251 e. The Kier molecular flexibility index (Phi) is 11.0. The molecule has 0 aromatic heterocycles. The first-order valence-corrected chi connectivity index (χ1v) is 11.4. The number of hydrogen-bond acceptors (Lipinski definition) is 2. The summed E-state index contributed by atoms with van der Waals surface area (Å²) >= 11 is 0. The molecule has 1 amide bonds. The molecule has 2 aromatic carbocycles.